The molecule has 20 heavy (non-hydrogen) atoms. The summed E-state index contributed by atoms with van der Waals surface area (Å²) < 4.78 is 23.0. The number of sulfone groups is 1. The van der Waals surface area contributed by atoms with Gasteiger partial charge in [0.05, 0.1) is 4.90 Å². The lowest BCUT2D eigenvalue weighted by atomic mass is 10.1. The molecule has 0 radical (unpaired) electrons. The Hall–Kier alpha value is -2.01. The van der Waals surface area contributed by atoms with Gasteiger partial charge in [-0.2, -0.15) is 0 Å². The highest BCUT2D eigenvalue weighted by molar-refractivity contribution is 7.90. The number of rotatable bonds is 4. The van der Waals surface area contributed by atoms with E-state index in [9.17, 15) is 13.5 Å². The summed E-state index contributed by atoms with van der Waals surface area (Å²) in [6.45, 7) is 2.38. The van der Waals surface area contributed by atoms with E-state index in [0.29, 0.717) is 12.2 Å². The standard InChI is InChI=1S/C15H17NO3S/c1-11-6-7-15(17)12(8-11)10-16-13-4-3-5-14(9-13)20(2,18)19/h3-9,16-17H,10H2,1-2H3. The van der Waals surface area contributed by atoms with Crippen molar-refractivity contribution < 1.29 is 13.5 Å². The van der Waals surface area contributed by atoms with E-state index in [1.165, 1.54) is 6.26 Å². The monoisotopic (exact) mass is 291 g/mol. The van der Waals surface area contributed by atoms with Gasteiger partial charge in [-0.15, -0.1) is 0 Å². The number of aromatic hydroxyl groups is 1. The van der Waals surface area contributed by atoms with Crippen LogP contribution in [-0.2, 0) is 16.4 Å². The first-order chi connectivity index (χ1) is 9.36. The number of hydrogen-bond acceptors (Lipinski definition) is 4. The molecule has 0 unspecified atom stereocenters. The van der Waals surface area contributed by atoms with Crippen LogP contribution in [0.25, 0.3) is 0 Å². The summed E-state index contributed by atoms with van der Waals surface area (Å²) in [5, 5.41) is 12.9. The molecule has 0 aliphatic heterocycles. The Morgan fingerprint density at radius 3 is 2.60 bits per heavy atom. The van der Waals surface area contributed by atoms with Gasteiger partial charge >= 0.3 is 0 Å². The average molecular weight is 291 g/mol. The van der Waals surface area contributed by atoms with E-state index in [4.69, 9.17) is 0 Å². The molecule has 2 N–H and O–H groups in total. The lowest BCUT2D eigenvalue weighted by Crippen LogP contribution is -2.02. The quantitative estimate of drug-likeness (QED) is 0.909. The molecule has 2 aromatic carbocycles. The van der Waals surface area contributed by atoms with Crippen molar-refractivity contribution in [3.8, 4) is 5.75 Å². The lowest BCUT2D eigenvalue weighted by molar-refractivity contribution is 0.469. The fourth-order valence-electron chi connectivity index (χ4n) is 1.89. The molecule has 106 valence electrons. The van der Waals surface area contributed by atoms with E-state index in [0.717, 1.165) is 11.1 Å². The van der Waals surface area contributed by atoms with Crippen molar-refractivity contribution in [1.82, 2.24) is 0 Å². The van der Waals surface area contributed by atoms with E-state index < -0.39 is 9.84 Å². The average Bonchev–Trinajstić information content (AvgIpc) is 2.39. The normalized spacial score (nSPS) is 11.3. The minimum atomic E-state index is -3.21. The fraction of sp³-hybridized carbons (Fsp3) is 0.200. The largest absolute Gasteiger partial charge is 0.508 e. The second kappa shape index (κ2) is 5.54. The van der Waals surface area contributed by atoms with Crippen molar-refractivity contribution in [3.05, 3.63) is 53.6 Å². The molecular weight excluding hydrogens is 274 g/mol. The molecule has 0 spiro atoms. The van der Waals surface area contributed by atoms with Gasteiger partial charge in [-0.05, 0) is 31.2 Å². The second-order valence-corrected chi connectivity index (χ2v) is 6.80. The molecule has 0 aliphatic carbocycles. The van der Waals surface area contributed by atoms with E-state index in [1.807, 2.05) is 19.1 Å². The Labute approximate surface area is 119 Å². The van der Waals surface area contributed by atoms with Gasteiger partial charge in [-0.3, -0.25) is 0 Å². The first kappa shape index (κ1) is 14.4. The van der Waals surface area contributed by atoms with Crippen molar-refractivity contribution in [3.63, 3.8) is 0 Å². The van der Waals surface area contributed by atoms with Gasteiger partial charge in [0.15, 0.2) is 9.84 Å². The van der Waals surface area contributed by atoms with Gasteiger partial charge in [-0.25, -0.2) is 8.42 Å². The molecular formula is C15H17NO3S. The van der Waals surface area contributed by atoms with E-state index in [1.54, 1.807) is 30.3 Å². The van der Waals surface area contributed by atoms with Gasteiger partial charge in [0.25, 0.3) is 0 Å². The summed E-state index contributed by atoms with van der Waals surface area (Å²) in [4.78, 5) is 0.274. The topological polar surface area (TPSA) is 66.4 Å². The molecule has 4 nitrogen and oxygen atoms in total. The number of anilines is 1. The first-order valence-corrected chi connectivity index (χ1v) is 8.08. The molecule has 0 saturated heterocycles. The maximum Gasteiger partial charge on any atom is 0.175 e. The summed E-state index contributed by atoms with van der Waals surface area (Å²) in [6.07, 6.45) is 1.18. The Bertz CT molecular complexity index is 724. The maximum absolute atomic E-state index is 11.5. The Morgan fingerprint density at radius 1 is 1.15 bits per heavy atom. The summed E-state index contributed by atoms with van der Waals surface area (Å²) in [5.74, 6) is 0.224. The summed E-state index contributed by atoms with van der Waals surface area (Å²) in [5.41, 5.74) is 2.54. The number of hydrogen-bond donors (Lipinski definition) is 2. The third-order valence-corrected chi connectivity index (χ3v) is 4.09. The van der Waals surface area contributed by atoms with Crippen LogP contribution in [0.15, 0.2) is 47.4 Å². The predicted molar refractivity (Wildman–Crippen MR) is 79.7 cm³/mol. The molecule has 0 aliphatic rings. The van der Waals surface area contributed by atoms with Gasteiger partial charge in [-0.1, -0.05) is 23.8 Å². The second-order valence-electron chi connectivity index (χ2n) is 4.79. The predicted octanol–water partition coefficient (Wildman–Crippen LogP) is 2.72. The van der Waals surface area contributed by atoms with Gasteiger partial charge in [0, 0.05) is 24.1 Å². The SMILES string of the molecule is Cc1ccc(O)c(CNc2cccc(S(C)(=O)=O)c2)c1. The first-order valence-electron chi connectivity index (χ1n) is 6.19. The fourth-order valence-corrected chi connectivity index (χ4v) is 2.56. The number of phenolic OH excluding ortho intramolecular Hbond substituents is 1. The van der Waals surface area contributed by atoms with Crippen molar-refractivity contribution in [2.45, 2.75) is 18.4 Å². The van der Waals surface area contributed by atoms with Crippen LogP contribution in [-0.4, -0.2) is 19.8 Å². The van der Waals surface area contributed by atoms with Crippen molar-refractivity contribution >= 4 is 15.5 Å². The van der Waals surface area contributed by atoms with Gasteiger partial charge in [0.1, 0.15) is 5.75 Å². The third kappa shape index (κ3) is 3.51. The molecule has 2 aromatic rings. The van der Waals surface area contributed by atoms with Crippen LogP contribution in [0.4, 0.5) is 5.69 Å². The molecule has 2 rings (SSSR count). The molecule has 5 heteroatoms. The van der Waals surface area contributed by atoms with Crippen molar-refractivity contribution in [2.24, 2.45) is 0 Å². The van der Waals surface area contributed by atoms with Crippen LogP contribution in [0.2, 0.25) is 0 Å². The van der Waals surface area contributed by atoms with Gasteiger partial charge in [0.2, 0.25) is 0 Å². The van der Waals surface area contributed by atoms with Crippen LogP contribution in [0.3, 0.4) is 0 Å². The van der Waals surface area contributed by atoms with Crippen LogP contribution >= 0.6 is 0 Å². The highest BCUT2D eigenvalue weighted by Gasteiger charge is 2.07. The molecule has 0 aromatic heterocycles. The molecule has 0 heterocycles. The Kier molecular flexibility index (Phi) is 3.99. The van der Waals surface area contributed by atoms with E-state index in [-0.39, 0.29) is 10.6 Å². The molecule has 0 fully saturated rings. The number of aryl methyl sites for hydroxylation is 1. The molecule has 0 bridgehead atoms. The zero-order valence-electron chi connectivity index (χ0n) is 11.4. The number of benzene rings is 2. The van der Waals surface area contributed by atoms with Crippen molar-refractivity contribution in [2.75, 3.05) is 11.6 Å². The highest BCUT2D eigenvalue weighted by Crippen LogP contribution is 2.21. The highest BCUT2D eigenvalue weighted by atomic mass is 32.2. The number of nitrogens with one attached hydrogen (secondary N) is 1. The minimum Gasteiger partial charge on any atom is -0.508 e. The maximum atomic E-state index is 11.5. The van der Waals surface area contributed by atoms with Crippen LogP contribution in [0, 0.1) is 6.92 Å². The van der Waals surface area contributed by atoms with Crippen LogP contribution in [0.1, 0.15) is 11.1 Å². The minimum absolute atomic E-state index is 0.224. The molecule has 0 atom stereocenters. The van der Waals surface area contributed by atoms with Crippen molar-refractivity contribution in [1.29, 1.82) is 0 Å². The smallest absolute Gasteiger partial charge is 0.175 e. The van der Waals surface area contributed by atoms with E-state index >= 15 is 0 Å². The molecule has 0 amide bonds. The Balaban J connectivity index is 2.17. The van der Waals surface area contributed by atoms with E-state index in [2.05, 4.69) is 5.32 Å². The third-order valence-electron chi connectivity index (χ3n) is 2.98. The summed E-state index contributed by atoms with van der Waals surface area (Å²) in [7, 11) is -3.21. The lowest BCUT2D eigenvalue weighted by Gasteiger charge is -2.10. The summed E-state index contributed by atoms with van der Waals surface area (Å²) in [6, 6.07) is 12.0. The van der Waals surface area contributed by atoms with Crippen LogP contribution in [0.5, 0.6) is 5.75 Å². The Morgan fingerprint density at radius 2 is 1.90 bits per heavy atom. The molecule has 0 saturated carbocycles. The zero-order chi connectivity index (χ0) is 14.8. The summed E-state index contributed by atoms with van der Waals surface area (Å²) >= 11 is 0. The zero-order valence-corrected chi connectivity index (χ0v) is 12.2. The number of phenols is 1. The van der Waals surface area contributed by atoms with Gasteiger partial charge < -0.3 is 10.4 Å². The van der Waals surface area contributed by atoms with Crippen LogP contribution < -0.4 is 5.32 Å².